The number of alkyl halides is 3. The van der Waals surface area contributed by atoms with E-state index in [-0.39, 0.29) is 29.4 Å². The highest BCUT2D eigenvalue weighted by atomic mass is 19.4. The van der Waals surface area contributed by atoms with Crippen LogP contribution in [-0.2, 0) is 6.54 Å². The van der Waals surface area contributed by atoms with E-state index in [1.54, 1.807) is 0 Å². The fraction of sp³-hybridized carbons (Fsp3) is 0.118. The molecule has 0 fully saturated rings. The number of ether oxygens (including phenoxy) is 1. The molecule has 0 aliphatic carbocycles. The summed E-state index contributed by atoms with van der Waals surface area (Å²) < 4.78 is 55.8. The molecule has 0 atom stereocenters. The van der Waals surface area contributed by atoms with Crippen molar-refractivity contribution in [3.05, 3.63) is 66.0 Å². The third-order valence-electron chi connectivity index (χ3n) is 3.67. The predicted octanol–water partition coefficient (Wildman–Crippen LogP) is 3.61. The van der Waals surface area contributed by atoms with Gasteiger partial charge in [-0.15, -0.1) is 18.3 Å². The molecule has 2 aromatic carbocycles. The van der Waals surface area contributed by atoms with Crippen LogP contribution in [0.15, 0.2) is 53.9 Å². The Morgan fingerprint density at radius 1 is 1.23 bits per heavy atom. The van der Waals surface area contributed by atoms with Crippen molar-refractivity contribution in [1.82, 2.24) is 19.7 Å². The summed E-state index contributed by atoms with van der Waals surface area (Å²) in [4.78, 5) is 18.1. The zero-order valence-corrected chi connectivity index (χ0v) is 14.9. The van der Waals surface area contributed by atoms with Crippen molar-refractivity contribution in [3.8, 4) is 11.4 Å². The molecule has 0 bridgehead atoms. The first-order valence-electron chi connectivity index (χ1n) is 8.17. The number of amides is 1. The molecule has 3 aromatic rings. The Labute approximate surface area is 165 Å². The number of aromatic nitrogens is 3. The summed E-state index contributed by atoms with van der Waals surface area (Å²) in [6.45, 7) is 0.0406. The summed E-state index contributed by atoms with van der Waals surface area (Å²) in [5, 5.41) is 9.91. The molecule has 3 rings (SSSR count). The van der Waals surface area contributed by atoms with Crippen LogP contribution in [0.2, 0.25) is 0 Å². The van der Waals surface area contributed by atoms with E-state index in [0.29, 0.717) is 5.69 Å². The lowest BCUT2D eigenvalue weighted by Gasteiger charge is -2.09. The van der Waals surface area contributed by atoms with Crippen molar-refractivity contribution >= 4 is 11.6 Å². The quantitative estimate of drug-likeness (QED) is 0.357. The van der Waals surface area contributed by atoms with Crippen LogP contribution in [0.1, 0.15) is 16.2 Å². The zero-order valence-electron chi connectivity index (χ0n) is 14.9. The number of nitrogens with one attached hydrogen (secondary N) is 2. The molecule has 0 aliphatic heterocycles. The number of rotatable bonds is 6. The number of hydrogen-bond acceptors (Lipinski definition) is 6. The molecule has 0 aliphatic rings. The molecule has 1 amide bonds. The monoisotopic (exact) mass is 422 g/mol. The highest BCUT2D eigenvalue weighted by Gasteiger charge is 2.31. The number of carbonyl (C=O) groups excluding carboxylic acids is 1. The van der Waals surface area contributed by atoms with Crippen LogP contribution in [0.3, 0.4) is 0 Å². The fourth-order valence-corrected chi connectivity index (χ4v) is 2.37. The molecule has 0 saturated carbocycles. The number of halogens is 4. The van der Waals surface area contributed by atoms with Crippen molar-refractivity contribution in [3.63, 3.8) is 0 Å². The normalized spacial score (nSPS) is 10.9. The lowest BCUT2D eigenvalue weighted by atomic mass is 10.2. The molecule has 2 N–H and O–H groups in total. The van der Waals surface area contributed by atoms with Crippen molar-refractivity contribution in [1.29, 1.82) is 5.53 Å². The van der Waals surface area contributed by atoms with Gasteiger partial charge < -0.3 is 10.1 Å². The molecule has 0 spiro atoms. The minimum absolute atomic E-state index is 0.0406. The van der Waals surface area contributed by atoms with Gasteiger partial charge in [0.15, 0.2) is 5.82 Å². The number of nitrogens with zero attached hydrogens (tertiary/aromatic N) is 5. The maximum atomic E-state index is 14.1. The summed E-state index contributed by atoms with van der Waals surface area (Å²) in [5.74, 6) is -1.65. The van der Waals surface area contributed by atoms with E-state index in [4.69, 9.17) is 5.53 Å². The molecular formula is C17H12F4N7O2+. The van der Waals surface area contributed by atoms with Gasteiger partial charge in [-0.1, -0.05) is 0 Å². The molecular weight excluding hydrogens is 410 g/mol. The molecule has 154 valence electrons. The maximum Gasteiger partial charge on any atom is 0.573 e. The first-order chi connectivity index (χ1) is 14.2. The van der Waals surface area contributed by atoms with Crippen molar-refractivity contribution in [2.75, 3.05) is 5.32 Å². The van der Waals surface area contributed by atoms with Crippen molar-refractivity contribution < 1.29 is 27.1 Å². The second-order valence-electron chi connectivity index (χ2n) is 5.70. The topological polar surface area (TPSA) is 119 Å². The average molecular weight is 422 g/mol. The van der Waals surface area contributed by atoms with E-state index in [9.17, 15) is 22.4 Å². The van der Waals surface area contributed by atoms with Gasteiger partial charge in [-0.3, -0.25) is 4.79 Å². The van der Waals surface area contributed by atoms with Gasteiger partial charge in [-0.2, -0.15) is 0 Å². The second kappa shape index (κ2) is 8.49. The summed E-state index contributed by atoms with van der Waals surface area (Å²) in [7, 11) is 0. The SMILES string of the molecule is N=[N+]=NC(=O)c1ccc(NCc2ncn(-c3ccc(OC(F)(F)F)cc3)n2)c(F)c1. The van der Waals surface area contributed by atoms with Gasteiger partial charge in [-0.05, 0) is 42.5 Å². The zero-order chi connectivity index (χ0) is 21.7. The van der Waals surface area contributed by atoms with Crippen molar-refractivity contribution in [2.24, 2.45) is 5.11 Å². The van der Waals surface area contributed by atoms with Crippen LogP contribution in [0.25, 0.3) is 5.69 Å². The maximum absolute atomic E-state index is 14.1. The van der Waals surface area contributed by atoms with Gasteiger partial charge >= 0.3 is 12.3 Å². The van der Waals surface area contributed by atoms with Gasteiger partial charge in [0.2, 0.25) is 10.0 Å². The largest absolute Gasteiger partial charge is 0.573 e. The smallest absolute Gasteiger partial charge is 0.406 e. The highest BCUT2D eigenvalue weighted by molar-refractivity contribution is 5.94. The second-order valence-corrected chi connectivity index (χ2v) is 5.70. The van der Waals surface area contributed by atoms with E-state index in [0.717, 1.165) is 18.2 Å². The van der Waals surface area contributed by atoms with E-state index < -0.39 is 18.1 Å². The van der Waals surface area contributed by atoms with Crippen LogP contribution < -0.4 is 15.0 Å². The average Bonchev–Trinajstić information content (AvgIpc) is 3.15. The van der Waals surface area contributed by atoms with Crippen molar-refractivity contribution in [2.45, 2.75) is 12.9 Å². The van der Waals surface area contributed by atoms with Crippen LogP contribution in [0, 0.1) is 11.3 Å². The van der Waals surface area contributed by atoms with Gasteiger partial charge in [0.05, 0.1) is 23.5 Å². The first kappa shape index (κ1) is 20.6. The Hall–Kier alpha value is -4.12. The number of benzene rings is 2. The van der Waals surface area contributed by atoms with E-state index >= 15 is 0 Å². The number of carbonyl (C=O) groups is 1. The standard InChI is InChI=1S/C17H11F4N7O2/c18-13-7-10(16(29)25-27-22)1-6-14(13)23-8-15-24-9-28(26-15)11-2-4-12(5-3-11)30-17(19,20)21/h1-7,9,22H,8H2/p+1. The Kier molecular flexibility index (Phi) is 5.83. The molecule has 1 heterocycles. The van der Waals surface area contributed by atoms with Crippen LogP contribution in [-0.4, -0.2) is 27.0 Å². The van der Waals surface area contributed by atoms with E-state index in [2.05, 4.69) is 30.2 Å². The number of anilines is 1. The lowest BCUT2D eigenvalue weighted by Crippen LogP contribution is -2.17. The van der Waals surface area contributed by atoms with Gasteiger partial charge in [0, 0.05) is 0 Å². The fourth-order valence-electron chi connectivity index (χ4n) is 2.37. The number of hydrogen-bond donors (Lipinski definition) is 2. The molecule has 13 heteroatoms. The van der Waals surface area contributed by atoms with Crippen LogP contribution in [0.4, 0.5) is 23.2 Å². The third kappa shape index (κ3) is 5.23. The summed E-state index contributed by atoms with van der Waals surface area (Å²) in [6.07, 6.45) is -3.43. The van der Waals surface area contributed by atoms with Gasteiger partial charge in [-0.25, -0.2) is 14.1 Å². The summed E-state index contributed by atoms with van der Waals surface area (Å²) in [5.41, 5.74) is 6.98. The summed E-state index contributed by atoms with van der Waals surface area (Å²) >= 11 is 0. The van der Waals surface area contributed by atoms with Crippen LogP contribution >= 0.6 is 0 Å². The molecule has 9 nitrogen and oxygen atoms in total. The van der Waals surface area contributed by atoms with Crippen LogP contribution in [0.5, 0.6) is 5.75 Å². The lowest BCUT2D eigenvalue weighted by molar-refractivity contribution is -0.274. The Morgan fingerprint density at radius 3 is 2.60 bits per heavy atom. The third-order valence-corrected chi connectivity index (χ3v) is 3.67. The Balaban J connectivity index is 1.65. The highest BCUT2D eigenvalue weighted by Crippen LogP contribution is 2.23. The molecule has 30 heavy (non-hydrogen) atoms. The minimum Gasteiger partial charge on any atom is -0.406 e. The predicted molar refractivity (Wildman–Crippen MR) is 93.4 cm³/mol. The van der Waals surface area contributed by atoms with E-state index in [1.165, 1.54) is 35.3 Å². The summed E-state index contributed by atoms with van der Waals surface area (Å²) in [6, 6.07) is 8.61. The van der Waals surface area contributed by atoms with Gasteiger partial charge in [0.1, 0.15) is 23.4 Å². The Morgan fingerprint density at radius 2 is 1.97 bits per heavy atom. The molecule has 0 saturated heterocycles. The molecule has 0 radical (unpaired) electrons. The van der Waals surface area contributed by atoms with Gasteiger partial charge in [0.25, 0.3) is 0 Å². The molecule has 1 aromatic heterocycles. The Bertz CT molecular complexity index is 1110. The van der Waals surface area contributed by atoms with E-state index in [1.807, 2.05) is 0 Å². The molecule has 0 unspecified atom stereocenters. The minimum atomic E-state index is -4.78. The first-order valence-corrected chi connectivity index (χ1v) is 8.17.